The van der Waals surface area contributed by atoms with Crippen LogP contribution in [-0.2, 0) is 0 Å². The van der Waals surface area contributed by atoms with Crippen LogP contribution < -0.4 is 15.0 Å². The molecule has 1 amide bonds. The van der Waals surface area contributed by atoms with Gasteiger partial charge < -0.3 is 24.3 Å². The Hall–Kier alpha value is -3.06. The summed E-state index contributed by atoms with van der Waals surface area (Å²) in [4.78, 5) is 17.7. The largest absolute Gasteiger partial charge is 0.497 e. The Labute approximate surface area is 187 Å². The van der Waals surface area contributed by atoms with Crippen LogP contribution in [0.5, 0.6) is 5.75 Å². The molecular weight excluding hydrogens is 409 g/mol. The van der Waals surface area contributed by atoms with E-state index in [-0.39, 0.29) is 23.5 Å². The number of amides is 1. The summed E-state index contributed by atoms with van der Waals surface area (Å²) in [7, 11) is 1.60. The lowest BCUT2D eigenvalue weighted by Crippen LogP contribution is -2.46. The topological polar surface area (TPSA) is 58.0 Å². The van der Waals surface area contributed by atoms with Crippen LogP contribution in [0.4, 0.5) is 10.1 Å². The van der Waals surface area contributed by atoms with Gasteiger partial charge in [-0.15, -0.1) is 0 Å². The highest BCUT2D eigenvalue weighted by Crippen LogP contribution is 2.31. The smallest absolute Gasteiger partial charge is 0.287 e. The third kappa shape index (κ3) is 4.30. The van der Waals surface area contributed by atoms with Crippen molar-refractivity contribution in [1.82, 2.24) is 10.2 Å². The summed E-state index contributed by atoms with van der Waals surface area (Å²) in [5.41, 5.74) is 3.10. The normalized spacial score (nSPS) is 15.7. The molecule has 1 aliphatic heterocycles. The second kappa shape index (κ2) is 9.20. The molecule has 0 bridgehead atoms. The summed E-state index contributed by atoms with van der Waals surface area (Å²) < 4.78 is 25.3. The number of ether oxygens (including phenoxy) is 1. The molecular formula is C25H30FN3O3. The number of aryl methyl sites for hydroxylation is 1. The Balaban J connectivity index is 1.57. The number of nitrogens with one attached hydrogen (secondary N) is 1. The summed E-state index contributed by atoms with van der Waals surface area (Å²) in [6, 6.07) is 9.87. The van der Waals surface area contributed by atoms with Crippen LogP contribution >= 0.6 is 0 Å². The van der Waals surface area contributed by atoms with Crippen molar-refractivity contribution in [2.24, 2.45) is 0 Å². The molecule has 1 unspecified atom stereocenters. The van der Waals surface area contributed by atoms with Crippen LogP contribution in [0.25, 0.3) is 11.0 Å². The van der Waals surface area contributed by atoms with Gasteiger partial charge in [0, 0.05) is 48.4 Å². The molecule has 32 heavy (non-hydrogen) atoms. The Morgan fingerprint density at radius 1 is 1.19 bits per heavy atom. The van der Waals surface area contributed by atoms with Crippen molar-refractivity contribution in [3.63, 3.8) is 0 Å². The van der Waals surface area contributed by atoms with Crippen LogP contribution in [-0.4, -0.2) is 50.6 Å². The van der Waals surface area contributed by atoms with E-state index in [4.69, 9.17) is 9.15 Å². The molecule has 1 N–H and O–H groups in total. The average molecular weight is 440 g/mol. The molecule has 4 rings (SSSR count). The predicted molar refractivity (Wildman–Crippen MR) is 124 cm³/mol. The number of rotatable bonds is 6. The second-order valence-corrected chi connectivity index (χ2v) is 8.24. The molecule has 7 heteroatoms. The zero-order valence-electron chi connectivity index (χ0n) is 19.1. The van der Waals surface area contributed by atoms with Gasteiger partial charge in [0.1, 0.15) is 17.1 Å². The molecule has 0 radical (unpaired) electrons. The van der Waals surface area contributed by atoms with E-state index in [0.29, 0.717) is 11.3 Å². The third-order valence-electron chi connectivity index (χ3n) is 6.31. The molecule has 2 aromatic carbocycles. The molecule has 170 valence electrons. The van der Waals surface area contributed by atoms with E-state index in [0.717, 1.165) is 54.9 Å². The van der Waals surface area contributed by atoms with Gasteiger partial charge in [-0.1, -0.05) is 6.92 Å². The number of hydrogen-bond acceptors (Lipinski definition) is 5. The lowest BCUT2D eigenvalue weighted by Gasteiger charge is -2.37. The molecule has 1 saturated heterocycles. The van der Waals surface area contributed by atoms with E-state index in [1.165, 1.54) is 12.1 Å². The molecule has 6 nitrogen and oxygen atoms in total. The number of furan rings is 1. The molecule has 0 saturated carbocycles. The number of carbonyl (C=O) groups excluding carboxylic acids is 1. The first-order valence-electron chi connectivity index (χ1n) is 11.1. The van der Waals surface area contributed by atoms with Gasteiger partial charge in [0.05, 0.1) is 13.2 Å². The fourth-order valence-electron chi connectivity index (χ4n) is 4.35. The SMILES string of the molecule is CCN1CCN(c2ccc(F)cc2C(C)NC(=O)c2oc3ccc(OC)cc3c2C)CC1. The van der Waals surface area contributed by atoms with E-state index in [1.807, 2.05) is 26.0 Å². The summed E-state index contributed by atoms with van der Waals surface area (Å²) in [6.07, 6.45) is 0. The zero-order valence-corrected chi connectivity index (χ0v) is 19.1. The molecule has 0 aliphatic carbocycles. The van der Waals surface area contributed by atoms with E-state index in [2.05, 4.69) is 22.0 Å². The number of fused-ring (bicyclic) bond motifs is 1. The van der Waals surface area contributed by atoms with Crippen molar-refractivity contribution in [2.75, 3.05) is 44.7 Å². The number of nitrogens with zero attached hydrogens (tertiary/aromatic N) is 2. The van der Waals surface area contributed by atoms with Crippen LogP contribution in [0.15, 0.2) is 40.8 Å². The van der Waals surface area contributed by atoms with Crippen LogP contribution in [0.3, 0.4) is 0 Å². The number of likely N-dealkylation sites (N-methyl/N-ethyl adjacent to an activating group) is 1. The number of carbonyl (C=O) groups is 1. The van der Waals surface area contributed by atoms with Gasteiger partial charge in [0.2, 0.25) is 0 Å². The lowest BCUT2D eigenvalue weighted by molar-refractivity contribution is 0.0913. The second-order valence-electron chi connectivity index (χ2n) is 8.24. The molecule has 0 spiro atoms. The van der Waals surface area contributed by atoms with Gasteiger partial charge in [0.25, 0.3) is 5.91 Å². The van der Waals surface area contributed by atoms with E-state index in [9.17, 15) is 9.18 Å². The summed E-state index contributed by atoms with van der Waals surface area (Å²) in [6.45, 7) is 10.6. The van der Waals surface area contributed by atoms with E-state index >= 15 is 0 Å². The average Bonchev–Trinajstić information content (AvgIpc) is 3.15. The van der Waals surface area contributed by atoms with Crippen molar-refractivity contribution in [1.29, 1.82) is 0 Å². The van der Waals surface area contributed by atoms with Gasteiger partial charge in [-0.2, -0.15) is 0 Å². The highest BCUT2D eigenvalue weighted by molar-refractivity contribution is 5.99. The van der Waals surface area contributed by atoms with Gasteiger partial charge in [-0.25, -0.2) is 4.39 Å². The Kier molecular flexibility index (Phi) is 6.37. The Morgan fingerprint density at radius 3 is 2.62 bits per heavy atom. The quantitative estimate of drug-likeness (QED) is 0.612. The minimum absolute atomic E-state index is 0.259. The number of piperazine rings is 1. The molecule has 1 fully saturated rings. The van der Waals surface area contributed by atoms with Crippen molar-refractivity contribution in [3.05, 3.63) is 59.1 Å². The highest BCUT2D eigenvalue weighted by Gasteiger charge is 2.24. The first kappa shape index (κ1) is 22.1. The van der Waals surface area contributed by atoms with Crippen LogP contribution in [0.1, 0.15) is 41.6 Å². The lowest BCUT2D eigenvalue weighted by atomic mass is 10.0. The maximum atomic E-state index is 14.2. The summed E-state index contributed by atoms with van der Waals surface area (Å²) in [5.74, 6) is 0.323. The maximum absolute atomic E-state index is 14.2. The Morgan fingerprint density at radius 2 is 1.94 bits per heavy atom. The number of anilines is 1. The van der Waals surface area contributed by atoms with Crippen molar-refractivity contribution < 1.29 is 18.3 Å². The maximum Gasteiger partial charge on any atom is 0.287 e. The molecule has 1 aromatic heterocycles. The number of benzene rings is 2. The van der Waals surface area contributed by atoms with Crippen LogP contribution in [0.2, 0.25) is 0 Å². The highest BCUT2D eigenvalue weighted by atomic mass is 19.1. The first-order chi connectivity index (χ1) is 15.4. The number of methoxy groups -OCH3 is 1. The fourth-order valence-corrected chi connectivity index (χ4v) is 4.35. The first-order valence-corrected chi connectivity index (χ1v) is 11.1. The van der Waals surface area contributed by atoms with Crippen molar-refractivity contribution >= 4 is 22.6 Å². The molecule has 1 atom stereocenters. The monoisotopic (exact) mass is 439 g/mol. The molecule has 3 aromatic rings. The van der Waals surface area contributed by atoms with Crippen molar-refractivity contribution in [2.45, 2.75) is 26.8 Å². The molecule has 2 heterocycles. The summed E-state index contributed by atoms with van der Waals surface area (Å²) in [5, 5.41) is 3.84. The van der Waals surface area contributed by atoms with Gasteiger partial charge in [-0.05, 0) is 56.8 Å². The van der Waals surface area contributed by atoms with Gasteiger partial charge >= 0.3 is 0 Å². The van der Waals surface area contributed by atoms with Gasteiger partial charge in [-0.3, -0.25) is 4.79 Å². The minimum atomic E-state index is -0.389. The van der Waals surface area contributed by atoms with E-state index < -0.39 is 0 Å². The minimum Gasteiger partial charge on any atom is -0.497 e. The van der Waals surface area contributed by atoms with Crippen molar-refractivity contribution in [3.8, 4) is 5.75 Å². The zero-order chi connectivity index (χ0) is 22.8. The number of hydrogen-bond donors (Lipinski definition) is 1. The van der Waals surface area contributed by atoms with Gasteiger partial charge in [0.15, 0.2) is 5.76 Å². The summed E-state index contributed by atoms with van der Waals surface area (Å²) >= 11 is 0. The molecule has 1 aliphatic rings. The fraction of sp³-hybridized carbons (Fsp3) is 0.400. The van der Waals surface area contributed by atoms with Crippen LogP contribution in [0, 0.1) is 12.7 Å². The third-order valence-corrected chi connectivity index (χ3v) is 6.31. The van der Waals surface area contributed by atoms with E-state index in [1.54, 1.807) is 19.2 Å². The standard InChI is InChI=1S/C25H30FN3O3/c1-5-28-10-12-29(13-11-28)22-8-6-18(26)14-21(22)17(3)27-25(30)24-16(2)20-15-19(31-4)7-9-23(20)32-24/h6-9,14-15,17H,5,10-13H2,1-4H3,(H,27,30). The Bertz CT molecular complexity index is 1120. The number of halogens is 1. The predicted octanol–water partition coefficient (Wildman–Crippen LogP) is 4.52.